The van der Waals surface area contributed by atoms with E-state index in [1.54, 1.807) is 31.2 Å². The SMILES string of the molecule is Cc1nc(C2CCCCC2)sc1C(=O)ON1C(=O)c2ccccc2C1=O. The topological polar surface area (TPSA) is 76.6 Å². The first-order valence-corrected chi connectivity index (χ1v) is 9.55. The number of benzene rings is 1. The molecule has 2 aromatic rings. The molecular formula is C19H18N2O4S. The van der Waals surface area contributed by atoms with E-state index in [-0.39, 0.29) is 11.1 Å². The van der Waals surface area contributed by atoms with Gasteiger partial charge in [-0.1, -0.05) is 36.5 Å². The zero-order valence-corrected chi connectivity index (χ0v) is 15.2. The summed E-state index contributed by atoms with van der Waals surface area (Å²) in [5.41, 5.74) is 1.07. The normalized spacial score (nSPS) is 17.5. The lowest BCUT2D eigenvalue weighted by Gasteiger charge is -2.18. The van der Waals surface area contributed by atoms with Gasteiger partial charge in [0.1, 0.15) is 4.88 Å². The number of carbonyl (C=O) groups excluding carboxylic acids is 3. The molecule has 2 amide bonds. The summed E-state index contributed by atoms with van der Waals surface area (Å²) in [6.07, 6.45) is 5.77. The van der Waals surface area contributed by atoms with Crippen LogP contribution in [0.5, 0.6) is 0 Å². The predicted octanol–water partition coefficient (Wildman–Crippen LogP) is 3.87. The zero-order valence-electron chi connectivity index (χ0n) is 14.4. The van der Waals surface area contributed by atoms with Gasteiger partial charge < -0.3 is 4.84 Å². The van der Waals surface area contributed by atoms with Crippen molar-refractivity contribution < 1.29 is 19.2 Å². The van der Waals surface area contributed by atoms with Gasteiger partial charge >= 0.3 is 5.97 Å². The van der Waals surface area contributed by atoms with Crippen LogP contribution in [0.3, 0.4) is 0 Å². The Hall–Kier alpha value is -2.54. The van der Waals surface area contributed by atoms with Crippen molar-refractivity contribution in [2.45, 2.75) is 44.9 Å². The molecule has 1 fully saturated rings. The van der Waals surface area contributed by atoms with Crippen LogP contribution in [0.2, 0.25) is 0 Å². The van der Waals surface area contributed by atoms with Crippen molar-refractivity contribution >= 4 is 29.1 Å². The average Bonchev–Trinajstić information content (AvgIpc) is 3.17. The number of rotatable bonds is 3. The summed E-state index contributed by atoms with van der Waals surface area (Å²) in [6.45, 7) is 1.75. The van der Waals surface area contributed by atoms with Gasteiger partial charge in [-0.3, -0.25) is 9.59 Å². The Bertz CT molecular complexity index is 864. The van der Waals surface area contributed by atoms with Gasteiger partial charge in [-0.25, -0.2) is 9.78 Å². The van der Waals surface area contributed by atoms with E-state index in [1.165, 1.54) is 30.6 Å². The summed E-state index contributed by atoms with van der Waals surface area (Å²) in [6, 6.07) is 6.42. The van der Waals surface area contributed by atoms with Crippen molar-refractivity contribution in [3.63, 3.8) is 0 Å². The minimum Gasteiger partial charge on any atom is -0.323 e. The number of thiazole rings is 1. The Morgan fingerprint density at radius 3 is 2.35 bits per heavy atom. The fourth-order valence-corrected chi connectivity index (χ4v) is 4.61. The molecule has 0 atom stereocenters. The summed E-state index contributed by atoms with van der Waals surface area (Å²) in [4.78, 5) is 47.3. The largest absolute Gasteiger partial charge is 0.375 e. The molecule has 0 radical (unpaired) electrons. The van der Waals surface area contributed by atoms with Gasteiger partial charge in [-0.15, -0.1) is 11.3 Å². The summed E-state index contributed by atoms with van der Waals surface area (Å²) in [5, 5.41) is 1.49. The number of hydrogen-bond acceptors (Lipinski definition) is 6. The average molecular weight is 370 g/mol. The Labute approximate surface area is 154 Å². The van der Waals surface area contributed by atoms with Crippen LogP contribution < -0.4 is 0 Å². The fourth-order valence-electron chi connectivity index (χ4n) is 3.51. The highest BCUT2D eigenvalue weighted by Gasteiger charge is 2.39. The van der Waals surface area contributed by atoms with Gasteiger partial charge in [-0.05, 0) is 31.9 Å². The third-order valence-electron chi connectivity index (χ3n) is 4.88. The quantitative estimate of drug-likeness (QED) is 0.767. The van der Waals surface area contributed by atoms with Crippen molar-refractivity contribution in [1.82, 2.24) is 10.0 Å². The van der Waals surface area contributed by atoms with Crippen LogP contribution >= 0.6 is 11.3 Å². The summed E-state index contributed by atoms with van der Waals surface area (Å²) in [7, 11) is 0. The highest BCUT2D eigenvalue weighted by molar-refractivity contribution is 7.13. The molecule has 134 valence electrons. The predicted molar refractivity (Wildman–Crippen MR) is 95.0 cm³/mol. The number of nitrogens with zero attached hydrogens (tertiary/aromatic N) is 2. The number of hydrogen-bond donors (Lipinski definition) is 0. The van der Waals surface area contributed by atoms with Crippen molar-refractivity contribution in [3.8, 4) is 0 Å². The molecule has 0 bridgehead atoms. The summed E-state index contributed by atoms with van der Waals surface area (Å²) in [5.74, 6) is -1.56. The monoisotopic (exact) mass is 370 g/mol. The highest BCUT2D eigenvalue weighted by atomic mass is 32.1. The summed E-state index contributed by atoms with van der Waals surface area (Å²) < 4.78 is 0. The van der Waals surface area contributed by atoms with Crippen molar-refractivity contribution in [1.29, 1.82) is 0 Å². The van der Waals surface area contributed by atoms with E-state index in [0.29, 0.717) is 21.6 Å². The number of hydroxylamine groups is 2. The molecule has 6 nitrogen and oxygen atoms in total. The lowest BCUT2D eigenvalue weighted by Crippen LogP contribution is -2.32. The van der Waals surface area contributed by atoms with Crippen molar-refractivity contribution in [3.05, 3.63) is 51.0 Å². The van der Waals surface area contributed by atoms with Crippen LogP contribution in [0.4, 0.5) is 0 Å². The number of fused-ring (bicyclic) bond motifs is 1. The zero-order chi connectivity index (χ0) is 18.3. The van der Waals surface area contributed by atoms with Gasteiger partial charge in [0.05, 0.1) is 21.8 Å². The Balaban J connectivity index is 1.53. The van der Waals surface area contributed by atoms with Crippen molar-refractivity contribution in [2.24, 2.45) is 0 Å². The number of carbonyl (C=O) groups is 3. The van der Waals surface area contributed by atoms with E-state index in [1.807, 2.05) is 0 Å². The van der Waals surface area contributed by atoms with Gasteiger partial charge in [0, 0.05) is 5.92 Å². The van der Waals surface area contributed by atoms with E-state index in [2.05, 4.69) is 4.98 Å². The second kappa shape index (κ2) is 6.64. The molecule has 0 N–H and O–H groups in total. The molecule has 0 unspecified atom stereocenters. The number of amides is 2. The van der Waals surface area contributed by atoms with Gasteiger partial charge in [0.15, 0.2) is 0 Å². The molecule has 2 heterocycles. The molecule has 0 saturated heterocycles. The third kappa shape index (κ3) is 2.82. The molecule has 1 aromatic heterocycles. The molecule has 26 heavy (non-hydrogen) atoms. The van der Waals surface area contributed by atoms with Crippen LogP contribution in [0, 0.1) is 6.92 Å². The molecule has 1 aromatic carbocycles. The van der Waals surface area contributed by atoms with Gasteiger partial charge in [0.25, 0.3) is 11.8 Å². The standard InChI is InChI=1S/C19H18N2O4S/c1-11-15(26-16(20-11)12-7-3-2-4-8-12)19(24)25-21-17(22)13-9-5-6-10-14(13)18(21)23/h5-6,9-10,12H,2-4,7-8H2,1H3. The number of aryl methyl sites for hydroxylation is 1. The van der Waals surface area contributed by atoms with Crippen LogP contribution in [-0.2, 0) is 4.84 Å². The molecule has 1 aliphatic carbocycles. The minimum absolute atomic E-state index is 0.245. The smallest absolute Gasteiger partial charge is 0.323 e. The molecule has 2 aliphatic rings. The first-order chi connectivity index (χ1) is 12.6. The van der Waals surface area contributed by atoms with Crippen LogP contribution in [-0.4, -0.2) is 27.8 Å². The first-order valence-electron chi connectivity index (χ1n) is 8.73. The first kappa shape index (κ1) is 16.9. The highest BCUT2D eigenvalue weighted by Crippen LogP contribution is 2.36. The second-order valence-electron chi connectivity index (χ2n) is 6.63. The third-order valence-corrected chi connectivity index (χ3v) is 6.18. The van der Waals surface area contributed by atoms with Gasteiger partial charge in [-0.2, -0.15) is 0 Å². The van der Waals surface area contributed by atoms with Crippen LogP contribution in [0.25, 0.3) is 0 Å². The minimum atomic E-state index is -0.712. The van der Waals surface area contributed by atoms with E-state index in [4.69, 9.17) is 4.84 Å². The van der Waals surface area contributed by atoms with Crippen LogP contribution in [0.1, 0.15) is 79.1 Å². The van der Waals surface area contributed by atoms with E-state index in [9.17, 15) is 14.4 Å². The maximum absolute atomic E-state index is 12.6. The molecule has 1 aliphatic heterocycles. The Morgan fingerprint density at radius 1 is 1.12 bits per heavy atom. The second-order valence-corrected chi connectivity index (χ2v) is 7.66. The van der Waals surface area contributed by atoms with Gasteiger partial charge in [0.2, 0.25) is 0 Å². The molecule has 7 heteroatoms. The van der Waals surface area contributed by atoms with E-state index < -0.39 is 17.8 Å². The maximum atomic E-state index is 12.6. The molecule has 1 saturated carbocycles. The van der Waals surface area contributed by atoms with E-state index in [0.717, 1.165) is 17.8 Å². The van der Waals surface area contributed by atoms with Crippen molar-refractivity contribution in [2.75, 3.05) is 0 Å². The lowest BCUT2D eigenvalue weighted by molar-refractivity contribution is -0.0581. The Kier molecular flexibility index (Phi) is 4.32. The number of imide groups is 1. The fraction of sp³-hybridized carbons (Fsp3) is 0.368. The molecule has 4 rings (SSSR count). The number of aromatic nitrogens is 1. The van der Waals surface area contributed by atoms with Crippen LogP contribution in [0.15, 0.2) is 24.3 Å². The molecule has 0 spiro atoms. The van der Waals surface area contributed by atoms with E-state index >= 15 is 0 Å². The molecular weight excluding hydrogens is 352 g/mol. The maximum Gasteiger partial charge on any atom is 0.375 e. The summed E-state index contributed by atoms with van der Waals surface area (Å²) >= 11 is 1.31. The lowest BCUT2D eigenvalue weighted by atomic mass is 9.90. The Morgan fingerprint density at radius 2 is 1.73 bits per heavy atom.